The van der Waals surface area contributed by atoms with Gasteiger partial charge in [0.25, 0.3) is 0 Å². The van der Waals surface area contributed by atoms with Gasteiger partial charge in [-0.15, -0.1) is 0 Å². The van der Waals surface area contributed by atoms with Crippen LogP contribution < -0.4 is 10.6 Å². The predicted molar refractivity (Wildman–Crippen MR) is 128 cm³/mol. The summed E-state index contributed by atoms with van der Waals surface area (Å²) in [6.07, 6.45) is -7.65. The third kappa shape index (κ3) is 6.14. The lowest BCUT2D eigenvalue weighted by molar-refractivity contribution is -0.143. The number of nitrogens with one attached hydrogen (secondary N) is 2. The summed E-state index contributed by atoms with van der Waals surface area (Å²) in [5, 5.41) is 5.79. The molecule has 0 bridgehead atoms. The molecule has 38 heavy (non-hydrogen) atoms. The number of benzene rings is 2. The maximum absolute atomic E-state index is 13.4. The first-order chi connectivity index (χ1) is 17.8. The second kappa shape index (κ2) is 10.6. The molecule has 1 aliphatic heterocycles. The number of rotatable bonds is 5. The lowest BCUT2D eigenvalue weighted by Crippen LogP contribution is -2.56. The molecule has 1 saturated heterocycles. The number of carbonyl (C=O) groups excluding carboxylic acids is 2. The van der Waals surface area contributed by atoms with E-state index in [9.17, 15) is 35.9 Å². The molecule has 1 saturated carbocycles. The van der Waals surface area contributed by atoms with Crippen molar-refractivity contribution in [2.75, 3.05) is 19.6 Å². The Morgan fingerprint density at radius 1 is 1.00 bits per heavy atom. The van der Waals surface area contributed by atoms with E-state index in [0.717, 1.165) is 12.1 Å². The highest BCUT2D eigenvalue weighted by Crippen LogP contribution is 2.41. The zero-order valence-electron chi connectivity index (χ0n) is 20.8. The standard InChI is InChI=1S/C27H29F6N3O2/c1-17(18-13-20(26(28,29)30)15-21(14-18)27(31,32)33)24(38)35-25(19-5-3-2-4-6-19)9-7-22(8-10-25)36-12-11-34-23(37)16-36/h2-6,13-15,17,22H,7-12,16H2,1H3,(H,34,37)(H,35,38)/t17?,22-,25-. The molecule has 0 radical (unpaired) electrons. The normalized spacial score (nSPS) is 24.0. The molecule has 4 rings (SSSR count). The van der Waals surface area contributed by atoms with Crippen molar-refractivity contribution < 1.29 is 35.9 Å². The van der Waals surface area contributed by atoms with Gasteiger partial charge >= 0.3 is 12.4 Å². The van der Waals surface area contributed by atoms with E-state index in [1.165, 1.54) is 6.92 Å². The number of nitrogens with zero attached hydrogens (tertiary/aromatic N) is 1. The number of carbonyl (C=O) groups is 2. The van der Waals surface area contributed by atoms with Crippen molar-refractivity contribution in [3.05, 3.63) is 70.8 Å². The lowest BCUT2D eigenvalue weighted by Gasteiger charge is -2.45. The summed E-state index contributed by atoms with van der Waals surface area (Å²) in [5.41, 5.74) is -3.29. The fourth-order valence-electron chi connectivity index (χ4n) is 5.40. The summed E-state index contributed by atoms with van der Waals surface area (Å²) in [6, 6.07) is 10.6. The van der Waals surface area contributed by atoms with Gasteiger partial charge in [0.15, 0.2) is 0 Å². The van der Waals surface area contributed by atoms with Crippen LogP contribution in [0.15, 0.2) is 48.5 Å². The molecule has 1 atom stereocenters. The van der Waals surface area contributed by atoms with Crippen molar-refractivity contribution in [2.24, 2.45) is 0 Å². The Hall–Kier alpha value is -3.08. The van der Waals surface area contributed by atoms with Crippen LogP contribution >= 0.6 is 0 Å². The molecule has 2 fully saturated rings. The highest BCUT2D eigenvalue weighted by atomic mass is 19.4. The van der Waals surface area contributed by atoms with Crippen molar-refractivity contribution >= 4 is 11.8 Å². The minimum atomic E-state index is -5.00. The minimum Gasteiger partial charge on any atom is -0.354 e. The number of hydrogen-bond donors (Lipinski definition) is 2. The lowest BCUT2D eigenvalue weighted by atomic mass is 9.74. The van der Waals surface area contributed by atoms with Gasteiger partial charge in [-0.2, -0.15) is 26.3 Å². The molecule has 2 aromatic carbocycles. The van der Waals surface area contributed by atoms with E-state index < -0.39 is 40.8 Å². The van der Waals surface area contributed by atoms with Gasteiger partial charge in [0.1, 0.15) is 0 Å². The molecule has 5 nitrogen and oxygen atoms in total. The zero-order valence-corrected chi connectivity index (χ0v) is 20.8. The zero-order chi connectivity index (χ0) is 27.7. The summed E-state index contributed by atoms with van der Waals surface area (Å²) < 4.78 is 80.2. The molecule has 0 spiro atoms. The Morgan fingerprint density at radius 3 is 2.11 bits per heavy atom. The van der Waals surface area contributed by atoms with Gasteiger partial charge in [0, 0.05) is 19.1 Å². The van der Waals surface area contributed by atoms with E-state index in [0.29, 0.717) is 50.9 Å². The SMILES string of the molecule is CC(C(=O)N[C@]1(c2ccccc2)CC[C@@H](N2CCNC(=O)C2)CC1)c1cc(C(F)(F)F)cc(C(F)(F)F)c1. The van der Waals surface area contributed by atoms with Gasteiger partial charge < -0.3 is 10.6 Å². The highest BCUT2D eigenvalue weighted by molar-refractivity contribution is 5.84. The predicted octanol–water partition coefficient (Wildman–Crippen LogP) is 5.21. The van der Waals surface area contributed by atoms with Crippen LogP contribution in [0.4, 0.5) is 26.3 Å². The maximum Gasteiger partial charge on any atom is 0.416 e. The van der Waals surface area contributed by atoms with Gasteiger partial charge in [-0.05, 0) is 61.9 Å². The van der Waals surface area contributed by atoms with Gasteiger partial charge in [0.2, 0.25) is 11.8 Å². The van der Waals surface area contributed by atoms with Crippen molar-refractivity contribution in [3.8, 4) is 0 Å². The molecule has 2 aromatic rings. The molecule has 11 heteroatoms. The van der Waals surface area contributed by atoms with Gasteiger partial charge in [-0.25, -0.2) is 0 Å². The monoisotopic (exact) mass is 541 g/mol. The van der Waals surface area contributed by atoms with Crippen molar-refractivity contribution in [1.82, 2.24) is 15.5 Å². The minimum absolute atomic E-state index is 0.0439. The molecule has 2 N–H and O–H groups in total. The molecule has 2 amide bonds. The molecular formula is C27H29F6N3O2. The van der Waals surface area contributed by atoms with Crippen LogP contribution in [-0.2, 0) is 27.5 Å². The van der Waals surface area contributed by atoms with E-state index in [4.69, 9.17) is 0 Å². The van der Waals surface area contributed by atoms with Crippen LogP contribution in [0.1, 0.15) is 60.8 Å². The molecule has 1 heterocycles. The highest BCUT2D eigenvalue weighted by Gasteiger charge is 2.42. The molecule has 0 aromatic heterocycles. The largest absolute Gasteiger partial charge is 0.416 e. The van der Waals surface area contributed by atoms with Crippen LogP contribution in [0, 0.1) is 0 Å². The van der Waals surface area contributed by atoms with Crippen LogP contribution in [0.2, 0.25) is 0 Å². The summed E-state index contributed by atoms with van der Waals surface area (Å²) in [5.74, 6) is -1.96. The Balaban J connectivity index is 1.59. The number of halogens is 6. The third-order valence-corrected chi connectivity index (χ3v) is 7.59. The maximum atomic E-state index is 13.4. The number of piperazine rings is 1. The first-order valence-corrected chi connectivity index (χ1v) is 12.5. The van der Waals surface area contributed by atoms with Crippen LogP contribution in [-0.4, -0.2) is 42.4 Å². The molecule has 206 valence electrons. The third-order valence-electron chi connectivity index (χ3n) is 7.59. The number of hydrogen-bond acceptors (Lipinski definition) is 3. The average Bonchev–Trinajstić information content (AvgIpc) is 2.88. The van der Waals surface area contributed by atoms with Crippen LogP contribution in [0.25, 0.3) is 0 Å². The topological polar surface area (TPSA) is 61.4 Å². The summed E-state index contributed by atoms with van der Waals surface area (Å²) >= 11 is 0. The number of amides is 2. The van der Waals surface area contributed by atoms with Crippen LogP contribution in [0.5, 0.6) is 0 Å². The molecular weight excluding hydrogens is 512 g/mol. The molecule has 1 unspecified atom stereocenters. The Kier molecular flexibility index (Phi) is 7.79. The van der Waals surface area contributed by atoms with E-state index in [-0.39, 0.29) is 23.6 Å². The smallest absolute Gasteiger partial charge is 0.354 e. The summed E-state index contributed by atoms with van der Waals surface area (Å²) in [4.78, 5) is 27.4. The van der Waals surface area contributed by atoms with E-state index in [1.807, 2.05) is 30.3 Å². The fourth-order valence-corrected chi connectivity index (χ4v) is 5.40. The molecule has 2 aliphatic rings. The second-order valence-corrected chi connectivity index (χ2v) is 10.0. The summed E-state index contributed by atoms with van der Waals surface area (Å²) in [7, 11) is 0. The van der Waals surface area contributed by atoms with Crippen molar-refractivity contribution in [2.45, 2.75) is 62.5 Å². The Morgan fingerprint density at radius 2 is 1.58 bits per heavy atom. The van der Waals surface area contributed by atoms with Gasteiger partial charge in [-0.3, -0.25) is 14.5 Å². The van der Waals surface area contributed by atoms with E-state index >= 15 is 0 Å². The van der Waals surface area contributed by atoms with Crippen LogP contribution in [0.3, 0.4) is 0 Å². The van der Waals surface area contributed by atoms with E-state index in [1.54, 1.807) is 0 Å². The van der Waals surface area contributed by atoms with E-state index in [2.05, 4.69) is 15.5 Å². The quantitative estimate of drug-likeness (QED) is 0.511. The summed E-state index contributed by atoms with van der Waals surface area (Å²) in [6.45, 7) is 2.88. The number of alkyl halides is 6. The van der Waals surface area contributed by atoms with Gasteiger partial charge in [-0.1, -0.05) is 30.3 Å². The average molecular weight is 542 g/mol. The molecule has 1 aliphatic carbocycles. The van der Waals surface area contributed by atoms with Gasteiger partial charge in [0.05, 0.1) is 29.1 Å². The van der Waals surface area contributed by atoms with Crippen molar-refractivity contribution in [1.29, 1.82) is 0 Å². The first-order valence-electron chi connectivity index (χ1n) is 12.5. The fraction of sp³-hybridized carbons (Fsp3) is 0.481. The Labute approximate surface area is 216 Å². The van der Waals surface area contributed by atoms with Crippen molar-refractivity contribution in [3.63, 3.8) is 0 Å². The Bertz CT molecular complexity index is 1130. The first kappa shape index (κ1) is 27.9. The second-order valence-electron chi connectivity index (χ2n) is 10.0.